The van der Waals surface area contributed by atoms with Crippen molar-refractivity contribution in [1.29, 1.82) is 0 Å². The molecule has 1 amide bonds. The van der Waals surface area contributed by atoms with Gasteiger partial charge in [-0.25, -0.2) is 0 Å². The van der Waals surface area contributed by atoms with Crippen LogP contribution >= 0.6 is 0 Å². The first-order valence-corrected chi connectivity index (χ1v) is 6.78. The lowest BCUT2D eigenvalue weighted by Gasteiger charge is -2.18. The second kappa shape index (κ2) is 8.43. The zero-order chi connectivity index (χ0) is 15.0. The maximum atomic E-state index is 11.9. The Hall–Kier alpha value is -1.75. The average Bonchev–Trinajstić information content (AvgIpc) is 2.45. The summed E-state index contributed by atoms with van der Waals surface area (Å²) in [7, 11) is 1.60. The van der Waals surface area contributed by atoms with Crippen LogP contribution in [0.5, 0.6) is 11.5 Å². The molecule has 0 heterocycles. The molecule has 0 saturated carbocycles. The summed E-state index contributed by atoms with van der Waals surface area (Å²) in [5.41, 5.74) is 0. The fourth-order valence-electron chi connectivity index (χ4n) is 1.74. The zero-order valence-corrected chi connectivity index (χ0v) is 12.3. The number of aliphatic hydroxyl groups excluding tert-OH is 1. The largest absolute Gasteiger partial charge is 0.497 e. The van der Waals surface area contributed by atoms with E-state index in [-0.39, 0.29) is 18.6 Å². The Bertz CT molecular complexity index is 405. The normalized spacial score (nSPS) is 13.4. The van der Waals surface area contributed by atoms with Crippen molar-refractivity contribution in [2.45, 2.75) is 38.8 Å². The Balaban J connectivity index is 2.44. The molecule has 0 fully saturated rings. The highest BCUT2D eigenvalue weighted by atomic mass is 16.5. The number of carbonyl (C=O) groups is 1. The first kappa shape index (κ1) is 16.3. The van der Waals surface area contributed by atoms with Crippen molar-refractivity contribution in [2.24, 2.45) is 0 Å². The molecule has 0 radical (unpaired) electrons. The molecule has 0 aliphatic carbocycles. The van der Waals surface area contributed by atoms with Gasteiger partial charge in [0.15, 0.2) is 6.10 Å². The summed E-state index contributed by atoms with van der Waals surface area (Å²) < 4.78 is 10.6. The molecule has 2 N–H and O–H groups in total. The van der Waals surface area contributed by atoms with Crippen LogP contribution in [0.1, 0.15) is 26.7 Å². The van der Waals surface area contributed by atoms with E-state index in [0.29, 0.717) is 12.2 Å². The van der Waals surface area contributed by atoms with Gasteiger partial charge >= 0.3 is 0 Å². The molecular weight excluding hydrogens is 258 g/mol. The van der Waals surface area contributed by atoms with Crippen LogP contribution in [-0.4, -0.2) is 36.9 Å². The first-order valence-electron chi connectivity index (χ1n) is 6.78. The van der Waals surface area contributed by atoms with Gasteiger partial charge in [-0.15, -0.1) is 0 Å². The van der Waals surface area contributed by atoms with Gasteiger partial charge in [0.05, 0.1) is 7.11 Å². The number of amides is 1. The molecule has 0 aromatic heterocycles. The summed E-state index contributed by atoms with van der Waals surface area (Å²) in [5, 5.41) is 11.6. The van der Waals surface area contributed by atoms with Crippen molar-refractivity contribution in [3.8, 4) is 11.5 Å². The third kappa shape index (κ3) is 5.48. The van der Waals surface area contributed by atoms with Gasteiger partial charge in [-0.1, -0.05) is 0 Å². The second-order valence-corrected chi connectivity index (χ2v) is 4.71. The molecule has 2 atom stereocenters. The topological polar surface area (TPSA) is 67.8 Å². The van der Waals surface area contributed by atoms with Crippen LogP contribution in [0.4, 0.5) is 0 Å². The summed E-state index contributed by atoms with van der Waals surface area (Å²) in [6.45, 7) is 3.75. The predicted octanol–water partition coefficient (Wildman–Crippen LogP) is 1.74. The van der Waals surface area contributed by atoms with Gasteiger partial charge in [-0.3, -0.25) is 4.79 Å². The van der Waals surface area contributed by atoms with Crippen molar-refractivity contribution in [2.75, 3.05) is 13.7 Å². The van der Waals surface area contributed by atoms with Crippen molar-refractivity contribution < 1.29 is 19.4 Å². The highest BCUT2D eigenvalue weighted by Crippen LogP contribution is 2.18. The first-order chi connectivity index (χ1) is 9.56. The van der Waals surface area contributed by atoms with Gasteiger partial charge in [0.25, 0.3) is 5.91 Å². The number of carbonyl (C=O) groups excluding carboxylic acids is 1. The van der Waals surface area contributed by atoms with Crippen LogP contribution in [-0.2, 0) is 4.79 Å². The Labute approximate surface area is 119 Å². The number of aliphatic hydroxyl groups is 1. The van der Waals surface area contributed by atoms with Crippen molar-refractivity contribution in [1.82, 2.24) is 5.32 Å². The highest BCUT2D eigenvalue weighted by molar-refractivity contribution is 5.80. The average molecular weight is 281 g/mol. The summed E-state index contributed by atoms with van der Waals surface area (Å²) in [6.07, 6.45) is 0.854. The maximum absolute atomic E-state index is 11.9. The van der Waals surface area contributed by atoms with Gasteiger partial charge in [0.1, 0.15) is 11.5 Å². The van der Waals surface area contributed by atoms with Gasteiger partial charge in [-0.05, 0) is 51.0 Å². The lowest BCUT2D eigenvalue weighted by molar-refractivity contribution is -0.127. The summed E-state index contributed by atoms with van der Waals surface area (Å²) >= 11 is 0. The van der Waals surface area contributed by atoms with Crippen LogP contribution in [0, 0.1) is 0 Å². The van der Waals surface area contributed by atoms with Gasteiger partial charge in [-0.2, -0.15) is 0 Å². The number of ether oxygens (including phenoxy) is 2. The molecule has 0 saturated heterocycles. The Kier molecular flexibility index (Phi) is 6.87. The Morgan fingerprint density at radius 2 is 1.85 bits per heavy atom. The maximum Gasteiger partial charge on any atom is 0.260 e. The van der Waals surface area contributed by atoms with Crippen molar-refractivity contribution in [3.05, 3.63) is 24.3 Å². The van der Waals surface area contributed by atoms with Gasteiger partial charge in [0.2, 0.25) is 0 Å². The predicted molar refractivity (Wildman–Crippen MR) is 77.0 cm³/mol. The smallest absolute Gasteiger partial charge is 0.260 e. The molecule has 0 spiro atoms. The minimum atomic E-state index is -0.569. The van der Waals surface area contributed by atoms with Crippen LogP contribution in [0.15, 0.2) is 24.3 Å². The molecule has 5 nitrogen and oxygen atoms in total. The molecule has 0 aliphatic heterocycles. The molecule has 2 unspecified atom stereocenters. The molecule has 1 rings (SSSR count). The highest BCUT2D eigenvalue weighted by Gasteiger charge is 2.16. The minimum Gasteiger partial charge on any atom is -0.497 e. The molecule has 1 aromatic carbocycles. The van der Waals surface area contributed by atoms with Gasteiger partial charge < -0.3 is 19.9 Å². The fraction of sp³-hybridized carbons (Fsp3) is 0.533. The molecule has 20 heavy (non-hydrogen) atoms. The standard InChI is InChI=1S/C15H23NO4/c1-11(5-4-10-17)16-15(18)12(2)20-14-8-6-13(19-3)7-9-14/h6-9,11-12,17H,4-5,10H2,1-3H3,(H,16,18). The second-order valence-electron chi connectivity index (χ2n) is 4.71. The number of nitrogens with one attached hydrogen (secondary N) is 1. The lowest BCUT2D eigenvalue weighted by Crippen LogP contribution is -2.41. The van der Waals surface area contributed by atoms with E-state index in [1.54, 1.807) is 38.3 Å². The van der Waals surface area contributed by atoms with E-state index >= 15 is 0 Å². The zero-order valence-electron chi connectivity index (χ0n) is 12.3. The summed E-state index contributed by atoms with van der Waals surface area (Å²) in [4.78, 5) is 11.9. The van der Waals surface area contributed by atoms with Crippen molar-refractivity contribution >= 4 is 5.91 Å². The Morgan fingerprint density at radius 1 is 1.25 bits per heavy atom. The van der Waals surface area contributed by atoms with Crippen LogP contribution in [0.3, 0.4) is 0 Å². The summed E-state index contributed by atoms with van der Waals surface area (Å²) in [5.74, 6) is 1.20. The van der Waals surface area contributed by atoms with Crippen LogP contribution in [0.2, 0.25) is 0 Å². The van der Waals surface area contributed by atoms with Crippen molar-refractivity contribution in [3.63, 3.8) is 0 Å². The number of hydrogen-bond acceptors (Lipinski definition) is 4. The third-order valence-corrected chi connectivity index (χ3v) is 2.93. The van der Waals surface area contributed by atoms with E-state index in [2.05, 4.69) is 5.32 Å². The number of rotatable bonds is 8. The van der Waals surface area contributed by atoms with E-state index in [0.717, 1.165) is 12.2 Å². The molecule has 112 valence electrons. The van der Waals surface area contributed by atoms with E-state index in [4.69, 9.17) is 14.6 Å². The molecule has 0 aliphatic rings. The SMILES string of the molecule is COc1ccc(OC(C)C(=O)NC(C)CCCO)cc1. The van der Waals surface area contributed by atoms with Crippen LogP contribution in [0.25, 0.3) is 0 Å². The fourth-order valence-corrected chi connectivity index (χ4v) is 1.74. The van der Waals surface area contributed by atoms with E-state index in [1.807, 2.05) is 6.92 Å². The lowest BCUT2D eigenvalue weighted by atomic mass is 10.2. The van der Waals surface area contributed by atoms with E-state index in [1.165, 1.54) is 0 Å². The summed E-state index contributed by atoms with van der Waals surface area (Å²) in [6, 6.07) is 7.11. The van der Waals surface area contributed by atoms with Gasteiger partial charge in [0, 0.05) is 12.6 Å². The minimum absolute atomic E-state index is 0.0246. The number of benzene rings is 1. The molecule has 1 aromatic rings. The number of hydrogen-bond donors (Lipinski definition) is 2. The monoisotopic (exact) mass is 281 g/mol. The molecular formula is C15H23NO4. The third-order valence-electron chi connectivity index (χ3n) is 2.93. The van der Waals surface area contributed by atoms with E-state index < -0.39 is 6.10 Å². The van der Waals surface area contributed by atoms with Crippen LogP contribution < -0.4 is 14.8 Å². The quantitative estimate of drug-likeness (QED) is 0.761. The number of methoxy groups -OCH3 is 1. The van der Waals surface area contributed by atoms with E-state index in [9.17, 15) is 4.79 Å². The Morgan fingerprint density at radius 3 is 2.40 bits per heavy atom. The molecule has 0 bridgehead atoms. The molecule has 5 heteroatoms.